The third kappa shape index (κ3) is 4.86. The first-order valence-electron chi connectivity index (χ1n) is 7.85. The topological polar surface area (TPSA) is 56.9 Å². The van der Waals surface area contributed by atoms with Gasteiger partial charge in [0.2, 0.25) is 5.91 Å². The van der Waals surface area contributed by atoms with E-state index in [2.05, 4.69) is 5.01 Å². The molecule has 1 unspecified atom stereocenters. The van der Waals surface area contributed by atoms with Crippen molar-refractivity contribution in [1.29, 1.82) is 0 Å². The molecule has 1 aromatic rings. The monoisotopic (exact) mass is 294 g/mol. The molecule has 2 rings (SSSR count). The van der Waals surface area contributed by atoms with Crippen molar-refractivity contribution in [2.24, 2.45) is 0 Å². The Hall–Kier alpha value is -1.33. The molecule has 1 atom stereocenters. The molecule has 0 spiro atoms. The molecule has 5 nitrogen and oxygen atoms in total. The van der Waals surface area contributed by atoms with E-state index in [4.69, 9.17) is 4.42 Å². The van der Waals surface area contributed by atoms with Gasteiger partial charge in [0.1, 0.15) is 11.5 Å². The maximum atomic E-state index is 12.1. The molecule has 5 heteroatoms. The Morgan fingerprint density at radius 3 is 2.86 bits per heavy atom. The molecular formula is C16H26N2O3. The molecule has 1 fully saturated rings. The lowest BCUT2D eigenvalue weighted by Gasteiger charge is -2.38. The van der Waals surface area contributed by atoms with E-state index in [1.165, 1.54) is 0 Å². The average Bonchev–Trinajstić information content (AvgIpc) is 2.84. The molecule has 21 heavy (non-hydrogen) atoms. The molecule has 118 valence electrons. The zero-order valence-corrected chi connectivity index (χ0v) is 13.0. The summed E-state index contributed by atoms with van der Waals surface area (Å²) in [7, 11) is 0. The molecule has 2 heterocycles. The van der Waals surface area contributed by atoms with Gasteiger partial charge in [-0.1, -0.05) is 0 Å². The number of carbonyl (C=O) groups excluding carboxylic acids is 1. The fraction of sp³-hybridized carbons (Fsp3) is 0.688. The maximum absolute atomic E-state index is 12.1. The molecule has 0 aliphatic carbocycles. The quantitative estimate of drug-likeness (QED) is 0.837. The Labute approximate surface area is 126 Å². The number of hydrogen-bond acceptors (Lipinski definition) is 4. The number of furan rings is 1. The number of hydrogen-bond donors (Lipinski definition) is 1. The Kier molecular flexibility index (Phi) is 5.82. The van der Waals surface area contributed by atoms with Crippen LogP contribution in [-0.2, 0) is 11.2 Å². The number of rotatable bonds is 7. The van der Waals surface area contributed by atoms with Gasteiger partial charge in [-0.15, -0.1) is 0 Å². The largest absolute Gasteiger partial charge is 0.466 e. The van der Waals surface area contributed by atoms with E-state index in [1.807, 2.05) is 24.1 Å². The van der Waals surface area contributed by atoms with Crippen molar-refractivity contribution in [2.75, 3.05) is 19.6 Å². The van der Waals surface area contributed by atoms with Crippen molar-refractivity contribution >= 4 is 5.91 Å². The average molecular weight is 294 g/mol. The van der Waals surface area contributed by atoms with Gasteiger partial charge in [0.05, 0.1) is 6.10 Å². The molecule has 0 aromatic carbocycles. The summed E-state index contributed by atoms with van der Waals surface area (Å²) in [6, 6.07) is 3.97. The first kappa shape index (κ1) is 16.0. The van der Waals surface area contributed by atoms with Crippen LogP contribution < -0.4 is 0 Å². The number of aryl methyl sites for hydroxylation is 2. The number of aliphatic hydroxyl groups is 1. The standard InChI is InChI=1S/C16H26N2O3/c1-13(19)9-12-17-10-4-6-16(20)18(17)11-3-5-15-8-7-14(2)21-15/h7-8,13,19H,3-6,9-12H2,1-2H3. The van der Waals surface area contributed by atoms with Gasteiger partial charge in [0.15, 0.2) is 0 Å². The van der Waals surface area contributed by atoms with Crippen molar-refractivity contribution in [3.8, 4) is 0 Å². The highest BCUT2D eigenvalue weighted by molar-refractivity contribution is 5.76. The number of amides is 1. The molecular weight excluding hydrogens is 268 g/mol. The van der Waals surface area contributed by atoms with E-state index in [0.717, 1.165) is 50.4 Å². The summed E-state index contributed by atoms with van der Waals surface area (Å²) < 4.78 is 5.56. The molecule has 1 N–H and O–H groups in total. The lowest BCUT2D eigenvalue weighted by Crippen LogP contribution is -2.51. The molecule has 1 aromatic heterocycles. The lowest BCUT2D eigenvalue weighted by atomic mass is 10.2. The van der Waals surface area contributed by atoms with Gasteiger partial charge in [0.25, 0.3) is 0 Å². The van der Waals surface area contributed by atoms with Crippen LogP contribution in [0.25, 0.3) is 0 Å². The van der Waals surface area contributed by atoms with Gasteiger partial charge >= 0.3 is 0 Å². The Morgan fingerprint density at radius 2 is 2.19 bits per heavy atom. The SMILES string of the molecule is Cc1ccc(CCCN2C(=O)CCCN2CCC(C)O)o1. The van der Waals surface area contributed by atoms with E-state index < -0.39 is 0 Å². The van der Waals surface area contributed by atoms with Crippen LogP contribution in [0.4, 0.5) is 0 Å². The van der Waals surface area contributed by atoms with Gasteiger partial charge in [-0.05, 0) is 45.2 Å². The van der Waals surface area contributed by atoms with Crippen molar-refractivity contribution in [1.82, 2.24) is 10.0 Å². The second kappa shape index (κ2) is 7.61. The van der Waals surface area contributed by atoms with Crippen molar-refractivity contribution < 1.29 is 14.3 Å². The zero-order valence-electron chi connectivity index (χ0n) is 13.0. The minimum absolute atomic E-state index is 0.197. The van der Waals surface area contributed by atoms with Crippen LogP contribution in [0.1, 0.15) is 44.1 Å². The Morgan fingerprint density at radius 1 is 1.38 bits per heavy atom. The zero-order chi connectivity index (χ0) is 15.2. The van der Waals surface area contributed by atoms with Crippen LogP contribution in [0.5, 0.6) is 0 Å². The molecule has 0 radical (unpaired) electrons. The van der Waals surface area contributed by atoms with Crippen LogP contribution in [0.3, 0.4) is 0 Å². The number of nitrogens with zero attached hydrogens (tertiary/aromatic N) is 2. The normalized spacial score (nSPS) is 18.2. The number of hydrazine groups is 1. The number of carbonyl (C=O) groups is 1. The van der Waals surface area contributed by atoms with E-state index >= 15 is 0 Å². The van der Waals surface area contributed by atoms with Crippen LogP contribution in [0.15, 0.2) is 16.5 Å². The molecule has 1 amide bonds. The van der Waals surface area contributed by atoms with Gasteiger partial charge < -0.3 is 9.52 Å². The Bertz CT molecular complexity index is 456. The van der Waals surface area contributed by atoms with Crippen LogP contribution in [-0.4, -0.2) is 46.8 Å². The van der Waals surface area contributed by atoms with E-state index in [9.17, 15) is 9.90 Å². The summed E-state index contributed by atoms with van der Waals surface area (Å²) in [4.78, 5) is 12.1. The summed E-state index contributed by atoms with van der Waals surface area (Å²) >= 11 is 0. The summed E-state index contributed by atoms with van der Waals surface area (Å²) in [6.07, 6.45) is 3.65. The van der Waals surface area contributed by atoms with Crippen molar-refractivity contribution in [3.63, 3.8) is 0 Å². The Balaban J connectivity index is 1.83. The van der Waals surface area contributed by atoms with Crippen LogP contribution in [0.2, 0.25) is 0 Å². The van der Waals surface area contributed by atoms with E-state index in [0.29, 0.717) is 12.8 Å². The van der Waals surface area contributed by atoms with Gasteiger partial charge in [0, 0.05) is 32.5 Å². The third-order valence-corrected chi connectivity index (χ3v) is 3.83. The summed E-state index contributed by atoms with van der Waals surface area (Å²) in [5, 5.41) is 13.4. The first-order chi connectivity index (χ1) is 10.1. The fourth-order valence-electron chi connectivity index (χ4n) is 2.68. The van der Waals surface area contributed by atoms with Crippen LogP contribution >= 0.6 is 0 Å². The summed E-state index contributed by atoms with van der Waals surface area (Å²) in [5.41, 5.74) is 0. The van der Waals surface area contributed by atoms with Gasteiger partial charge in [-0.3, -0.25) is 9.80 Å². The van der Waals surface area contributed by atoms with E-state index in [-0.39, 0.29) is 12.0 Å². The number of aliphatic hydroxyl groups excluding tert-OH is 1. The van der Waals surface area contributed by atoms with Gasteiger partial charge in [-0.2, -0.15) is 0 Å². The van der Waals surface area contributed by atoms with Crippen LogP contribution in [0, 0.1) is 6.92 Å². The summed E-state index contributed by atoms with van der Waals surface area (Å²) in [6.45, 7) is 6.09. The highest BCUT2D eigenvalue weighted by Crippen LogP contribution is 2.15. The van der Waals surface area contributed by atoms with Crippen molar-refractivity contribution in [3.05, 3.63) is 23.7 Å². The minimum atomic E-state index is -0.324. The fourth-order valence-corrected chi connectivity index (χ4v) is 2.68. The molecule has 1 aliphatic heterocycles. The van der Waals surface area contributed by atoms with Crippen molar-refractivity contribution in [2.45, 2.75) is 52.1 Å². The molecule has 1 aliphatic rings. The minimum Gasteiger partial charge on any atom is -0.466 e. The van der Waals surface area contributed by atoms with E-state index in [1.54, 1.807) is 6.92 Å². The second-order valence-electron chi connectivity index (χ2n) is 5.83. The molecule has 0 saturated carbocycles. The second-order valence-corrected chi connectivity index (χ2v) is 5.83. The summed E-state index contributed by atoms with van der Waals surface area (Å²) in [5.74, 6) is 2.10. The predicted octanol–water partition coefficient (Wildman–Crippen LogP) is 2.13. The first-order valence-corrected chi connectivity index (χ1v) is 7.85. The molecule has 1 saturated heterocycles. The maximum Gasteiger partial charge on any atom is 0.236 e. The van der Waals surface area contributed by atoms with Gasteiger partial charge in [-0.25, -0.2) is 5.01 Å². The lowest BCUT2D eigenvalue weighted by molar-refractivity contribution is -0.156. The molecule has 0 bridgehead atoms. The third-order valence-electron chi connectivity index (χ3n) is 3.83. The smallest absolute Gasteiger partial charge is 0.236 e. The highest BCUT2D eigenvalue weighted by Gasteiger charge is 2.25. The highest BCUT2D eigenvalue weighted by atomic mass is 16.3. The predicted molar refractivity (Wildman–Crippen MR) is 80.6 cm³/mol.